The van der Waals surface area contributed by atoms with Crippen LogP contribution in [0.5, 0.6) is 0 Å². The Morgan fingerprint density at radius 1 is 1.09 bits per heavy atom. The summed E-state index contributed by atoms with van der Waals surface area (Å²) >= 11 is 11.8. The van der Waals surface area contributed by atoms with Crippen molar-refractivity contribution in [2.75, 3.05) is 11.6 Å². The molecule has 0 aliphatic carbocycles. The van der Waals surface area contributed by atoms with Crippen molar-refractivity contribution < 1.29 is 40.5 Å². The first-order valence-corrected chi connectivity index (χ1v) is 10.2. The van der Waals surface area contributed by atoms with E-state index in [1.165, 1.54) is 0 Å². The molecule has 172 valence electrons. The van der Waals surface area contributed by atoms with Crippen LogP contribution in [-0.4, -0.2) is 41.4 Å². The molecule has 0 saturated carbocycles. The van der Waals surface area contributed by atoms with Crippen molar-refractivity contribution in [2.45, 2.75) is 17.4 Å². The van der Waals surface area contributed by atoms with E-state index in [0.717, 1.165) is 6.26 Å². The summed E-state index contributed by atoms with van der Waals surface area (Å²) in [5.41, 5.74) is -2.49. The number of anilines is 1. The Labute approximate surface area is 185 Å². The van der Waals surface area contributed by atoms with E-state index >= 15 is 0 Å². The summed E-state index contributed by atoms with van der Waals surface area (Å²) < 4.78 is 91.2. The first-order chi connectivity index (χ1) is 14.6. The number of carboxylic acid groups (broad SMARTS) is 1. The molecule has 1 atom stereocenters. The maximum atomic E-state index is 13.2. The van der Waals surface area contributed by atoms with Gasteiger partial charge in [-0.15, -0.1) is 5.10 Å². The third-order valence-corrected chi connectivity index (χ3v) is 5.22. The fraction of sp³-hybridized carbons (Fsp3) is 0.200. The van der Waals surface area contributed by atoms with Crippen molar-refractivity contribution in [2.24, 2.45) is 0 Å². The third-order valence-electron chi connectivity index (χ3n) is 3.81. The van der Waals surface area contributed by atoms with E-state index in [4.69, 9.17) is 28.3 Å². The Hall–Kier alpha value is -2.65. The molecule has 3 aromatic rings. The average Bonchev–Trinajstić information content (AvgIpc) is 2.96. The number of nitrogens with one attached hydrogen (secondary N) is 1. The smallest absolute Gasteiger partial charge is 0.451 e. The lowest BCUT2D eigenvalue weighted by molar-refractivity contribution is -0.145. The predicted molar refractivity (Wildman–Crippen MR) is 101 cm³/mol. The molecule has 0 saturated heterocycles. The van der Waals surface area contributed by atoms with Gasteiger partial charge in [-0.05, 0) is 12.1 Å². The van der Waals surface area contributed by atoms with Gasteiger partial charge < -0.3 is 5.11 Å². The summed E-state index contributed by atoms with van der Waals surface area (Å²) in [5, 5.41) is 12.2. The van der Waals surface area contributed by atoms with Crippen molar-refractivity contribution in [1.82, 2.24) is 19.7 Å². The molecule has 1 aromatic carbocycles. The van der Waals surface area contributed by atoms with Crippen LogP contribution < -0.4 is 5.32 Å². The molecule has 2 aromatic heterocycles. The first kappa shape index (κ1) is 24.0. The summed E-state index contributed by atoms with van der Waals surface area (Å²) in [5.74, 6) is -2.35. The number of halogens is 8. The normalized spacial score (nSPS) is 13.4. The van der Waals surface area contributed by atoms with Gasteiger partial charge in [0.1, 0.15) is 10.7 Å². The number of aromatic nitrogens is 4. The summed E-state index contributed by atoms with van der Waals surface area (Å²) in [6.45, 7) is 0. The average molecular weight is 522 g/mol. The molecule has 2 heterocycles. The molecule has 2 N–H and O–H groups in total. The van der Waals surface area contributed by atoms with Crippen LogP contribution in [0.25, 0.3) is 16.7 Å². The van der Waals surface area contributed by atoms with E-state index in [2.05, 4.69) is 15.1 Å². The van der Waals surface area contributed by atoms with Gasteiger partial charge in [0, 0.05) is 6.26 Å². The van der Waals surface area contributed by atoms with Crippen LogP contribution in [0.3, 0.4) is 0 Å². The molecule has 0 spiro atoms. The highest BCUT2D eigenvalue weighted by atomic mass is 35.5. The molecule has 8 nitrogen and oxygen atoms in total. The summed E-state index contributed by atoms with van der Waals surface area (Å²) in [6.07, 6.45) is -10.7. The van der Waals surface area contributed by atoms with Gasteiger partial charge in [-0.2, -0.15) is 26.3 Å². The maximum absolute atomic E-state index is 13.2. The summed E-state index contributed by atoms with van der Waals surface area (Å²) in [7, 11) is -2.20. The van der Waals surface area contributed by atoms with Crippen molar-refractivity contribution in [1.29, 1.82) is 0 Å². The van der Waals surface area contributed by atoms with E-state index in [1.807, 2.05) is 5.32 Å². The molecule has 0 radical (unpaired) electrons. The van der Waals surface area contributed by atoms with Crippen molar-refractivity contribution in [3.05, 3.63) is 33.6 Å². The molecule has 0 fully saturated rings. The van der Waals surface area contributed by atoms with Crippen molar-refractivity contribution in [3.63, 3.8) is 0 Å². The molecule has 3 rings (SSSR count). The molecule has 1 unspecified atom stereocenters. The number of fused-ring (bicyclic) bond motifs is 1. The van der Waals surface area contributed by atoms with Crippen molar-refractivity contribution in [3.8, 4) is 5.69 Å². The highest BCUT2D eigenvalue weighted by Gasteiger charge is 2.38. The van der Waals surface area contributed by atoms with Crippen LogP contribution in [-0.2, 0) is 23.2 Å². The Morgan fingerprint density at radius 2 is 1.66 bits per heavy atom. The predicted octanol–water partition coefficient (Wildman–Crippen LogP) is 4.99. The number of carbonyl (C=O) groups is 1. The van der Waals surface area contributed by atoms with Crippen LogP contribution in [0.4, 0.5) is 37.0 Å². The topological polar surface area (TPSA) is 110 Å². The van der Waals surface area contributed by atoms with E-state index in [1.54, 1.807) is 0 Å². The number of amides is 1. The van der Waals surface area contributed by atoms with Crippen LogP contribution >= 0.6 is 23.2 Å². The minimum Gasteiger partial charge on any atom is -0.465 e. The van der Waals surface area contributed by atoms with Gasteiger partial charge in [0.05, 0.1) is 31.8 Å². The molecule has 32 heavy (non-hydrogen) atoms. The van der Waals surface area contributed by atoms with Crippen LogP contribution in [0, 0.1) is 0 Å². The number of hydrogen-bond acceptors (Lipinski definition) is 5. The van der Waals surface area contributed by atoms with Gasteiger partial charge in [0.15, 0.2) is 11.5 Å². The highest BCUT2D eigenvalue weighted by Crippen LogP contribution is 2.40. The zero-order valence-corrected chi connectivity index (χ0v) is 17.5. The summed E-state index contributed by atoms with van der Waals surface area (Å²) in [4.78, 5) is 17.7. The highest BCUT2D eigenvalue weighted by molar-refractivity contribution is 7.84. The van der Waals surface area contributed by atoms with Gasteiger partial charge in [0.2, 0.25) is 5.82 Å². The lowest BCUT2D eigenvalue weighted by atomic mass is 10.2. The minimum atomic E-state index is -5.07. The standard InChI is InChI=1S/C15H7Cl2F6N5O3S/c1-32(31)11-7-9(24-12(26-11)15(21,22)23)27-28(10(7)25-13(29)30)8-5(16)2-4(3-6(8)17)14(18,19)20/h2-3,25H,1H3,(H,29,30). The monoisotopic (exact) mass is 521 g/mol. The third kappa shape index (κ3) is 4.45. The second-order valence-electron chi connectivity index (χ2n) is 5.98. The number of benzene rings is 1. The first-order valence-electron chi connectivity index (χ1n) is 7.89. The largest absolute Gasteiger partial charge is 0.465 e. The Kier molecular flexibility index (Phi) is 6.03. The summed E-state index contributed by atoms with van der Waals surface area (Å²) in [6, 6.07) is 0.927. The van der Waals surface area contributed by atoms with Crippen LogP contribution in [0.2, 0.25) is 10.0 Å². The Morgan fingerprint density at radius 3 is 2.09 bits per heavy atom. The fourth-order valence-electron chi connectivity index (χ4n) is 2.60. The van der Waals surface area contributed by atoms with Gasteiger partial charge in [0.25, 0.3) is 0 Å². The van der Waals surface area contributed by atoms with Crippen LogP contribution in [0.15, 0.2) is 17.2 Å². The molecular formula is C15H7Cl2F6N5O3S. The second kappa shape index (κ2) is 8.04. The number of nitrogens with zero attached hydrogens (tertiary/aromatic N) is 4. The lowest BCUT2D eigenvalue weighted by Gasteiger charge is -2.14. The molecular weight excluding hydrogens is 515 g/mol. The molecule has 17 heteroatoms. The second-order valence-corrected chi connectivity index (χ2v) is 8.09. The Bertz CT molecular complexity index is 1250. The fourth-order valence-corrected chi connectivity index (χ4v) is 3.94. The number of rotatable bonds is 3. The van der Waals surface area contributed by atoms with E-state index in [9.17, 15) is 35.3 Å². The van der Waals surface area contributed by atoms with Gasteiger partial charge in [-0.3, -0.25) is 9.53 Å². The molecule has 1 amide bonds. The quantitative estimate of drug-likeness (QED) is 0.371. The Balaban J connectivity index is 2.44. The van der Waals surface area contributed by atoms with E-state index in [-0.39, 0.29) is 0 Å². The van der Waals surface area contributed by atoms with E-state index < -0.39 is 78.2 Å². The van der Waals surface area contributed by atoms with Gasteiger partial charge in [-0.25, -0.2) is 19.4 Å². The lowest BCUT2D eigenvalue weighted by Crippen LogP contribution is -2.15. The number of alkyl halides is 6. The molecule has 0 aliphatic rings. The zero-order chi connectivity index (χ0) is 24.2. The SMILES string of the molecule is CS(=O)c1nc(C(F)(F)F)nc2nn(-c3c(Cl)cc(C(F)(F)F)cc3Cl)c(NC(=O)O)c12. The van der Waals surface area contributed by atoms with Crippen LogP contribution in [0.1, 0.15) is 11.4 Å². The molecule has 0 aliphatic heterocycles. The van der Waals surface area contributed by atoms with Gasteiger partial charge in [-0.1, -0.05) is 23.2 Å². The van der Waals surface area contributed by atoms with Crippen molar-refractivity contribution >= 4 is 56.9 Å². The minimum absolute atomic E-state index is 0.464. The molecule has 0 bridgehead atoms. The van der Waals surface area contributed by atoms with E-state index in [0.29, 0.717) is 16.8 Å². The van der Waals surface area contributed by atoms with Gasteiger partial charge >= 0.3 is 18.4 Å². The zero-order valence-electron chi connectivity index (χ0n) is 15.1. The number of hydrogen-bond donors (Lipinski definition) is 2. The maximum Gasteiger partial charge on any atom is 0.451 e.